The molecule has 1 atom stereocenters. The van der Waals surface area contributed by atoms with Gasteiger partial charge in [-0.2, -0.15) is 5.10 Å². The third kappa shape index (κ3) is 3.55. The minimum atomic E-state index is -0.441. The fourth-order valence-corrected chi connectivity index (χ4v) is 2.67. The number of aliphatic hydroxyl groups is 1. The third-order valence-electron chi connectivity index (χ3n) is 3.70. The summed E-state index contributed by atoms with van der Waals surface area (Å²) in [5.41, 5.74) is 5.19. The summed E-state index contributed by atoms with van der Waals surface area (Å²) in [5, 5.41) is 13.4. The van der Waals surface area contributed by atoms with Gasteiger partial charge in [0.1, 0.15) is 5.82 Å². The van der Waals surface area contributed by atoms with E-state index in [0.717, 1.165) is 18.9 Å². The van der Waals surface area contributed by atoms with Crippen LogP contribution in [0.25, 0.3) is 0 Å². The van der Waals surface area contributed by atoms with E-state index in [2.05, 4.69) is 21.9 Å². The smallest absolute Gasteiger partial charge is 0.225 e. The molecule has 7 heteroatoms. The van der Waals surface area contributed by atoms with Crippen molar-refractivity contribution in [2.45, 2.75) is 45.2 Å². The number of primary amides is 1. The fourth-order valence-electron chi connectivity index (χ4n) is 2.67. The number of aromatic nitrogens is 3. The van der Waals surface area contributed by atoms with Gasteiger partial charge < -0.3 is 10.8 Å². The first-order valence-corrected chi connectivity index (χ1v) is 7.18. The summed E-state index contributed by atoms with van der Waals surface area (Å²) in [6, 6.07) is 0.135. The molecule has 1 aromatic rings. The average molecular weight is 281 g/mol. The molecule has 1 saturated heterocycles. The van der Waals surface area contributed by atoms with Gasteiger partial charge in [0.25, 0.3) is 0 Å². The first-order chi connectivity index (χ1) is 9.61. The Morgan fingerprint density at radius 2 is 2.10 bits per heavy atom. The summed E-state index contributed by atoms with van der Waals surface area (Å²) < 4.78 is 1.69. The number of nitrogens with zero attached hydrogens (tertiary/aromatic N) is 4. The van der Waals surface area contributed by atoms with E-state index >= 15 is 0 Å². The van der Waals surface area contributed by atoms with E-state index in [0.29, 0.717) is 12.4 Å². The average Bonchev–Trinajstić information content (AvgIpc) is 2.81. The number of rotatable bonds is 6. The lowest BCUT2D eigenvalue weighted by Crippen LogP contribution is -2.34. The van der Waals surface area contributed by atoms with Crippen LogP contribution in [0.1, 0.15) is 43.9 Å². The third-order valence-corrected chi connectivity index (χ3v) is 3.70. The molecule has 0 aliphatic carbocycles. The van der Waals surface area contributed by atoms with Crippen molar-refractivity contribution in [3.8, 4) is 0 Å². The van der Waals surface area contributed by atoms with Crippen molar-refractivity contribution in [1.29, 1.82) is 0 Å². The molecule has 0 spiro atoms. The van der Waals surface area contributed by atoms with Crippen LogP contribution in [0.4, 0.5) is 0 Å². The number of hydrogen-bond donors (Lipinski definition) is 2. The van der Waals surface area contributed by atoms with Crippen LogP contribution >= 0.6 is 0 Å². The molecule has 1 aliphatic rings. The second kappa shape index (κ2) is 6.81. The molecule has 0 saturated carbocycles. The first kappa shape index (κ1) is 14.9. The highest BCUT2D eigenvalue weighted by Crippen LogP contribution is 2.23. The summed E-state index contributed by atoms with van der Waals surface area (Å²) >= 11 is 0. The molecule has 0 aromatic carbocycles. The van der Waals surface area contributed by atoms with Crippen molar-refractivity contribution < 1.29 is 9.90 Å². The lowest BCUT2D eigenvalue weighted by Gasteiger charge is -2.31. The number of carbonyl (C=O) groups excluding carboxylic acids is 1. The van der Waals surface area contributed by atoms with Crippen LogP contribution in [0.2, 0.25) is 0 Å². The number of nitrogens with two attached hydrogens (primary N) is 1. The van der Waals surface area contributed by atoms with E-state index in [-0.39, 0.29) is 19.1 Å². The van der Waals surface area contributed by atoms with Gasteiger partial charge in [-0.3, -0.25) is 9.69 Å². The quantitative estimate of drug-likeness (QED) is 0.755. The number of piperidine rings is 1. The highest BCUT2D eigenvalue weighted by molar-refractivity contribution is 5.75. The maximum atomic E-state index is 11.0. The Bertz CT molecular complexity index is 454. The van der Waals surface area contributed by atoms with Crippen LogP contribution < -0.4 is 5.73 Å². The van der Waals surface area contributed by atoms with E-state index in [1.54, 1.807) is 4.68 Å². The number of amides is 1. The molecular weight excluding hydrogens is 258 g/mol. The summed E-state index contributed by atoms with van der Waals surface area (Å²) in [6.45, 7) is 4.59. The highest BCUT2D eigenvalue weighted by Gasteiger charge is 2.24. The molecular formula is C13H23N5O2. The van der Waals surface area contributed by atoms with Gasteiger partial charge in [-0.05, 0) is 32.9 Å². The Labute approximate surface area is 118 Å². The van der Waals surface area contributed by atoms with E-state index in [1.165, 1.54) is 19.3 Å². The molecule has 7 nitrogen and oxygen atoms in total. The lowest BCUT2D eigenvalue weighted by atomic mass is 10.1. The Balaban J connectivity index is 2.18. The van der Waals surface area contributed by atoms with Gasteiger partial charge in [0.05, 0.1) is 25.6 Å². The minimum absolute atomic E-state index is 0.000901. The van der Waals surface area contributed by atoms with Crippen LogP contribution in [-0.4, -0.2) is 50.4 Å². The minimum Gasteiger partial charge on any atom is -0.394 e. The Morgan fingerprint density at radius 3 is 2.70 bits per heavy atom. The van der Waals surface area contributed by atoms with Crippen molar-refractivity contribution in [1.82, 2.24) is 19.7 Å². The SMILES string of the molecule is CC(c1nc(CC(N)=O)nn1CCO)N1CCCCC1. The van der Waals surface area contributed by atoms with Crippen LogP contribution in [-0.2, 0) is 17.8 Å². The zero-order valence-corrected chi connectivity index (χ0v) is 12.0. The summed E-state index contributed by atoms with van der Waals surface area (Å²) in [7, 11) is 0. The zero-order chi connectivity index (χ0) is 14.5. The molecule has 1 unspecified atom stereocenters. The number of aliphatic hydroxyl groups excluding tert-OH is 1. The molecule has 3 N–H and O–H groups in total. The molecule has 1 fully saturated rings. The predicted molar refractivity (Wildman–Crippen MR) is 73.8 cm³/mol. The molecule has 20 heavy (non-hydrogen) atoms. The van der Waals surface area contributed by atoms with Gasteiger partial charge in [-0.15, -0.1) is 0 Å². The molecule has 112 valence electrons. The largest absolute Gasteiger partial charge is 0.394 e. The van der Waals surface area contributed by atoms with Crippen molar-refractivity contribution in [3.63, 3.8) is 0 Å². The van der Waals surface area contributed by atoms with Crippen molar-refractivity contribution in [2.75, 3.05) is 19.7 Å². The van der Waals surface area contributed by atoms with Gasteiger partial charge >= 0.3 is 0 Å². The van der Waals surface area contributed by atoms with Crippen LogP contribution in [0.3, 0.4) is 0 Å². The topological polar surface area (TPSA) is 97.3 Å². The van der Waals surface area contributed by atoms with Crippen LogP contribution in [0.5, 0.6) is 0 Å². The first-order valence-electron chi connectivity index (χ1n) is 7.18. The summed E-state index contributed by atoms with van der Waals surface area (Å²) in [5.74, 6) is 0.797. The van der Waals surface area contributed by atoms with Crippen molar-refractivity contribution in [2.24, 2.45) is 5.73 Å². The maximum Gasteiger partial charge on any atom is 0.225 e. The van der Waals surface area contributed by atoms with E-state index in [9.17, 15) is 4.79 Å². The monoisotopic (exact) mass is 281 g/mol. The molecule has 2 heterocycles. The van der Waals surface area contributed by atoms with Gasteiger partial charge in [0.15, 0.2) is 5.82 Å². The number of carbonyl (C=O) groups is 1. The van der Waals surface area contributed by atoms with Gasteiger partial charge in [-0.1, -0.05) is 6.42 Å². The fraction of sp³-hybridized carbons (Fsp3) is 0.769. The Morgan fingerprint density at radius 1 is 1.40 bits per heavy atom. The van der Waals surface area contributed by atoms with Crippen molar-refractivity contribution in [3.05, 3.63) is 11.6 Å². The molecule has 0 radical (unpaired) electrons. The molecule has 0 bridgehead atoms. The second-order valence-electron chi connectivity index (χ2n) is 5.25. The van der Waals surface area contributed by atoms with E-state index < -0.39 is 5.91 Å². The van der Waals surface area contributed by atoms with Gasteiger partial charge in [0, 0.05) is 0 Å². The van der Waals surface area contributed by atoms with E-state index in [4.69, 9.17) is 10.8 Å². The Kier molecular flexibility index (Phi) is 5.08. The van der Waals surface area contributed by atoms with Crippen LogP contribution in [0.15, 0.2) is 0 Å². The highest BCUT2D eigenvalue weighted by atomic mass is 16.3. The maximum absolute atomic E-state index is 11.0. The second-order valence-corrected chi connectivity index (χ2v) is 5.25. The van der Waals surface area contributed by atoms with Gasteiger partial charge in [-0.25, -0.2) is 9.67 Å². The zero-order valence-electron chi connectivity index (χ0n) is 12.0. The summed E-state index contributed by atoms with van der Waals surface area (Å²) in [4.78, 5) is 17.8. The molecule has 2 rings (SSSR count). The lowest BCUT2D eigenvalue weighted by molar-refractivity contribution is -0.117. The molecule has 1 aromatic heterocycles. The van der Waals surface area contributed by atoms with E-state index in [1.807, 2.05) is 0 Å². The van der Waals surface area contributed by atoms with Crippen LogP contribution in [0, 0.1) is 0 Å². The van der Waals surface area contributed by atoms with Crippen molar-refractivity contribution >= 4 is 5.91 Å². The summed E-state index contributed by atoms with van der Waals surface area (Å²) in [6.07, 6.45) is 3.72. The molecule has 1 aliphatic heterocycles. The standard InChI is InChI=1S/C13H23N5O2/c1-10(17-5-3-2-4-6-17)13-15-12(9-11(14)20)16-18(13)7-8-19/h10,19H,2-9H2,1H3,(H2,14,20). The normalized spacial score (nSPS) is 18.1. The predicted octanol–water partition coefficient (Wildman–Crippen LogP) is -0.155. The van der Waals surface area contributed by atoms with Gasteiger partial charge in [0.2, 0.25) is 5.91 Å². The molecule has 1 amide bonds. The number of likely N-dealkylation sites (tertiary alicyclic amines) is 1. The number of hydrogen-bond acceptors (Lipinski definition) is 5. The Hall–Kier alpha value is -1.47.